The summed E-state index contributed by atoms with van der Waals surface area (Å²) < 4.78 is 5.18. The first-order valence-corrected chi connectivity index (χ1v) is 7.12. The molecule has 0 amide bonds. The third kappa shape index (κ3) is 4.50. The van der Waals surface area contributed by atoms with E-state index in [0.29, 0.717) is 13.0 Å². The van der Waals surface area contributed by atoms with Crippen LogP contribution in [-0.4, -0.2) is 12.0 Å². The maximum atomic E-state index is 11.7. The van der Waals surface area contributed by atoms with Crippen molar-refractivity contribution in [2.45, 2.75) is 25.5 Å². The molecule has 2 N–H and O–H groups in total. The van der Waals surface area contributed by atoms with Gasteiger partial charge < -0.3 is 10.5 Å². The van der Waals surface area contributed by atoms with Crippen LogP contribution in [-0.2, 0) is 22.6 Å². The Hall–Kier alpha value is -1.65. The largest absolute Gasteiger partial charge is 0.459 e. The lowest BCUT2D eigenvalue weighted by Crippen LogP contribution is -2.32. The predicted molar refractivity (Wildman–Crippen MR) is 76.9 cm³/mol. The van der Waals surface area contributed by atoms with Crippen molar-refractivity contribution in [3.8, 4) is 0 Å². The minimum atomic E-state index is -0.555. The normalized spacial score (nSPS) is 12.1. The first-order chi connectivity index (χ1) is 9.25. The number of hydrogen-bond donors (Lipinski definition) is 1. The highest BCUT2D eigenvalue weighted by Crippen LogP contribution is 2.11. The molecule has 0 aliphatic carbocycles. The zero-order valence-electron chi connectivity index (χ0n) is 10.6. The van der Waals surface area contributed by atoms with Crippen LogP contribution >= 0.6 is 11.3 Å². The monoisotopic (exact) mass is 275 g/mol. The standard InChI is InChI=1S/C15H17NO2S/c16-14(9-8-12-5-2-1-3-6-12)15(17)18-11-13-7-4-10-19-13/h1-7,10,14H,8-9,11,16H2. The lowest BCUT2D eigenvalue weighted by molar-refractivity contribution is -0.146. The van der Waals surface area contributed by atoms with E-state index in [4.69, 9.17) is 10.5 Å². The van der Waals surface area contributed by atoms with Crippen molar-refractivity contribution in [1.29, 1.82) is 0 Å². The second-order valence-electron chi connectivity index (χ2n) is 4.32. The molecule has 3 nitrogen and oxygen atoms in total. The van der Waals surface area contributed by atoms with Gasteiger partial charge in [-0.15, -0.1) is 11.3 Å². The number of hydrogen-bond acceptors (Lipinski definition) is 4. The van der Waals surface area contributed by atoms with Crippen molar-refractivity contribution in [1.82, 2.24) is 0 Å². The summed E-state index contributed by atoms with van der Waals surface area (Å²) in [5.74, 6) is -0.329. The lowest BCUT2D eigenvalue weighted by Gasteiger charge is -2.10. The van der Waals surface area contributed by atoms with Gasteiger partial charge >= 0.3 is 5.97 Å². The molecular formula is C15H17NO2S. The van der Waals surface area contributed by atoms with E-state index < -0.39 is 6.04 Å². The fourth-order valence-corrected chi connectivity index (χ4v) is 2.34. The highest BCUT2D eigenvalue weighted by atomic mass is 32.1. The molecule has 0 saturated heterocycles. The molecule has 4 heteroatoms. The van der Waals surface area contributed by atoms with Crippen molar-refractivity contribution in [3.63, 3.8) is 0 Å². The number of thiophene rings is 1. The molecule has 1 aromatic heterocycles. The van der Waals surface area contributed by atoms with Gasteiger partial charge in [-0.1, -0.05) is 36.4 Å². The van der Waals surface area contributed by atoms with E-state index in [0.717, 1.165) is 11.3 Å². The van der Waals surface area contributed by atoms with Crippen LogP contribution in [0.3, 0.4) is 0 Å². The van der Waals surface area contributed by atoms with Crippen LogP contribution < -0.4 is 5.73 Å². The summed E-state index contributed by atoms with van der Waals surface area (Å²) in [6.07, 6.45) is 1.39. The smallest absolute Gasteiger partial charge is 0.323 e. The molecule has 100 valence electrons. The van der Waals surface area contributed by atoms with E-state index >= 15 is 0 Å². The quantitative estimate of drug-likeness (QED) is 0.825. The number of benzene rings is 1. The topological polar surface area (TPSA) is 52.3 Å². The van der Waals surface area contributed by atoms with Gasteiger partial charge in [0.25, 0.3) is 0 Å². The van der Waals surface area contributed by atoms with Crippen molar-refractivity contribution < 1.29 is 9.53 Å². The molecule has 1 heterocycles. The van der Waals surface area contributed by atoms with E-state index in [1.165, 1.54) is 5.56 Å². The zero-order valence-corrected chi connectivity index (χ0v) is 11.4. The first-order valence-electron chi connectivity index (χ1n) is 6.24. The highest BCUT2D eigenvalue weighted by Gasteiger charge is 2.15. The van der Waals surface area contributed by atoms with Crippen LogP contribution in [0.15, 0.2) is 47.8 Å². The third-order valence-corrected chi connectivity index (χ3v) is 3.68. The van der Waals surface area contributed by atoms with Gasteiger partial charge in [0.15, 0.2) is 0 Å². The minimum Gasteiger partial charge on any atom is -0.459 e. The van der Waals surface area contributed by atoms with E-state index in [1.807, 2.05) is 47.8 Å². The van der Waals surface area contributed by atoms with Gasteiger partial charge in [-0.2, -0.15) is 0 Å². The van der Waals surface area contributed by atoms with Crippen LogP contribution in [0, 0.1) is 0 Å². The molecule has 2 rings (SSSR count). The molecule has 19 heavy (non-hydrogen) atoms. The summed E-state index contributed by atoms with van der Waals surface area (Å²) in [4.78, 5) is 12.7. The van der Waals surface area contributed by atoms with Crippen LogP contribution in [0.2, 0.25) is 0 Å². The molecule has 1 atom stereocenters. The number of nitrogens with two attached hydrogens (primary N) is 1. The fraction of sp³-hybridized carbons (Fsp3) is 0.267. The summed E-state index contributed by atoms with van der Waals surface area (Å²) in [7, 11) is 0. The van der Waals surface area contributed by atoms with Crippen molar-refractivity contribution in [2.75, 3.05) is 0 Å². The maximum Gasteiger partial charge on any atom is 0.323 e. The second kappa shape index (κ2) is 7.07. The Bertz CT molecular complexity index is 496. The molecule has 1 unspecified atom stereocenters. The molecule has 0 bridgehead atoms. The molecule has 0 fully saturated rings. The minimum absolute atomic E-state index is 0.315. The highest BCUT2D eigenvalue weighted by molar-refractivity contribution is 7.09. The van der Waals surface area contributed by atoms with Gasteiger partial charge in [0.1, 0.15) is 12.6 Å². The zero-order chi connectivity index (χ0) is 13.5. The molecule has 0 saturated carbocycles. The van der Waals surface area contributed by atoms with Gasteiger partial charge in [-0.05, 0) is 29.9 Å². The van der Waals surface area contributed by atoms with Crippen LogP contribution in [0.4, 0.5) is 0 Å². The molecule has 1 aromatic carbocycles. The van der Waals surface area contributed by atoms with Gasteiger partial charge in [0, 0.05) is 4.88 Å². The molecular weight excluding hydrogens is 258 g/mol. The summed E-state index contributed by atoms with van der Waals surface area (Å²) in [6.45, 7) is 0.315. The number of ether oxygens (including phenoxy) is 1. The summed E-state index contributed by atoms with van der Waals surface area (Å²) >= 11 is 1.57. The average Bonchev–Trinajstić information content (AvgIpc) is 2.96. The summed E-state index contributed by atoms with van der Waals surface area (Å²) in [6, 6.07) is 13.3. The van der Waals surface area contributed by atoms with E-state index in [-0.39, 0.29) is 5.97 Å². The Labute approximate surface area is 117 Å². The van der Waals surface area contributed by atoms with E-state index in [2.05, 4.69) is 0 Å². The van der Waals surface area contributed by atoms with Gasteiger partial charge in [0.05, 0.1) is 0 Å². The second-order valence-corrected chi connectivity index (χ2v) is 5.35. The number of carbonyl (C=O) groups is 1. The summed E-state index contributed by atoms with van der Waals surface area (Å²) in [5.41, 5.74) is 7.02. The van der Waals surface area contributed by atoms with Crippen molar-refractivity contribution >= 4 is 17.3 Å². The SMILES string of the molecule is NC(CCc1ccccc1)C(=O)OCc1cccs1. The Morgan fingerprint density at radius 3 is 2.68 bits per heavy atom. The van der Waals surface area contributed by atoms with Gasteiger partial charge in [-0.3, -0.25) is 4.79 Å². The average molecular weight is 275 g/mol. The van der Waals surface area contributed by atoms with Crippen LogP contribution in [0.25, 0.3) is 0 Å². The molecule has 2 aromatic rings. The van der Waals surface area contributed by atoms with Crippen molar-refractivity contribution in [3.05, 3.63) is 58.3 Å². The fourth-order valence-electron chi connectivity index (χ4n) is 1.73. The Balaban J connectivity index is 1.73. The Morgan fingerprint density at radius 2 is 2.00 bits per heavy atom. The molecule has 0 radical (unpaired) electrons. The lowest BCUT2D eigenvalue weighted by atomic mass is 10.1. The van der Waals surface area contributed by atoms with Crippen LogP contribution in [0.1, 0.15) is 16.9 Å². The Kier molecular flexibility index (Phi) is 5.12. The summed E-state index contributed by atoms with van der Waals surface area (Å²) in [5, 5.41) is 1.96. The van der Waals surface area contributed by atoms with Gasteiger partial charge in [0.2, 0.25) is 0 Å². The van der Waals surface area contributed by atoms with Gasteiger partial charge in [-0.25, -0.2) is 0 Å². The van der Waals surface area contributed by atoms with Crippen molar-refractivity contribution in [2.24, 2.45) is 5.73 Å². The van der Waals surface area contributed by atoms with Crippen LogP contribution in [0.5, 0.6) is 0 Å². The number of rotatable bonds is 6. The van der Waals surface area contributed by atoms with E-state index in [9.17, 15) is 4.79 Å². The molecule has 0 aliphatic heterocycles. The number of carbonyl (C=O) groups excluding carboxylic acids is 1. The predicted octanol–water partition coefficient (Wildman–Crippen LogP) is 2.75. The molecule has 0 spiro atoms. The molecule has 0 aliphatic rings. The Morgan fingerprint density at radius 1 is 1.21 bits per heavy atom. The van der Waals surface area contributed by atoms with E-state index in [1.54, 1.807) is 11.3 Å². The number of aryl methyl sites for hydroxylation is 1. The number of esters is 1. The maximum absolute atomic E-state index is 11.7. The third-order valence-electron chi connectivity index (χ3n) is 2.83. The first kappa shape index (κ1) is 13.8.